The van der Waals surface area contributed by atoms with Crippen molar-refractivity contribution in [2.75, 3.05) is 13.1 Å². The Morgan fingerprint density at radius 3 is 2.89 bits per heavy atom. The van der Waals surface area contributed by atoms with Crippen molar-refractivity contribution < 1.29 is 9.90 Å². The van der Waals surface area contributed by atoms with Crippen LogP contribution in [0.25, 0.3) is 0 Å². The smallest absolute Gasteiger partial charge is 0.307 e. The fourth-order valence-corrected chi connectivity index (χ4v) is 2.56. The number of benzene rings is 1. The largest absolute Gasteiger partial charge is 0.481 e. The molecule has 19 heavy (non-hydrogen) atoms. The van der Waals surface area contributed by atoms with E-state index in [4.69, 9.17) is 16.2 Å². The third-order valence-electron chi connectivity index (χ3n) is 3.56. The van der Waals surface area contributed by atoms with E-state index in [9.17, 15) is 4.79 Å². The Hall–Kier alpha value is -1.88. The van der Waals surface area contributed by atoms with Gasteiger partial charge in [0.1, 0.15) is 5.84 Å². The van der Waals surface area contributed by atoms with Crippen LogP contribution in [0.2, 0.25) is 0 Å². The first-order valence-corrected chi connectivity index (χ1v) is 6.45. The lowest BCUT2D eigenvalue weighted by Crippen LogP contribution is -2.38. The Morgan fingerprint density at radius 1 is 1.47 bits per heavy atom. The first kappa shape index (κ1) is 13.5. The Bertz CT molecular complexity index is 487. The second-order valence-corrected chi connectivity index (χ2v) is 4.98. The van der Waals surface area contributed by atoms with Gasteiger partial charge in [-0.1, -0.05) is 24.3 Å². The number of aliphatic carboxylic acids is 1. The summed E-state index contributed by atoms with van der Waals surface area (Å²) in [5.41, 5.74) is 7.29. The van der Waals surface area contributed by atoms with Gasteiger partial charge in [0.15, 0.2) is 0 Å². The monoisotopic (exact) mass is 261 g/mol. The maximum Gasteiger partial charge on any atom is 0.307 e. The second kappa shape index (κ2) is 5.84. The lowest BCUT2D eigenvalue weighted by atomic mass is 9.97. The van der Waals surface area contributed by atoms with Crippen molar-refractivity contribution >= 4 is 11.8 Å². The fraction of sp³-hybridized carbons (Fsp3) is 0.429. The van der Waals surface area contributed by atoms with Crippen molar-refractivity contribution in [2.24, 2.45) is 11.7 Å². The van der Waals surface area contributed by atoms with Gasteiger partial charge < -0.3 is 10.8 Å². The molecule has 5 heteroatoms. The van der Waals surface area contributed by atoms with Crippen molar-refractivity contribution in [1.29, 1.82) is 5.41 Å². The first-order chi connectivity index (χ1) is 9.08. The molecule has 1 atom stereocenters. The summed E-state index contributed by atoms with van der Waals surface area (Å²) >= 11 is 0. The van der Waals surface area contributed by atoms with E-state index in [2.05, 4.69) is 4.90 Å². The number of hydrogen-bond acceptors (Lipinski definition) is 3. The first-order valence-electron chi connectivity index (χ1n) is 6.45. The van der Waals surface area contributed by atoms with Gasteiger partial charge in [-0.15, -0.1) is 0 Å². The van der Waals surface area contributed by atoms with Gasteiger partial charge in [-0.05, 0) is 24.9 Å². The number of nitrogens with zero attached hydrogens (tertiary/aromatic N) is 1. The molecule has 0 aromatic heterocycles. The second-order valence-electron chi connectivity index (χ2n) is 4.98. The quantitative estimate of drug-likeness (QED) is 0.562. The highest BCUT2D eigenvalue weighted by atomic mass is 16.4. The molecule has 2 rings (SSSR count). The number of likely N-dealkylation sites (tertiary alicyclic amines) is 1. The number of carboxylic acid groups (broad SMARTS) is 1. The predicted molar refractivity (Wildman–Crippen MR) is 73.1 cm³/mol. The molecule has 1 aliphatic heterocycles. The standard InChI is InChI=1S/C14H19N3O2/c15-13(16)12-6-2-1-4-10(12)8-17-7-3-5-11(9-17)14(18)19/h1-2,4,6,11H,3,5,7-9H2,(H3,15,16)(H,18,19). The van der Waals surface area contributed by atoms with E-state index in [0.29, 0.717) is 13.1 Å². The van der Waals surface area contributed by atoms with Crippen LogP contribution < -0.4 is 5.73 Å². The van der Waals surface area contributed by atoms with Crippen LogP contribution in [0.5, 0.6) is 0 Å². The molecule has 0 aliphatic carbocycles. The molecule has 0 amide bonds. The van der Waals surface area contributed by atoms with E-state index in [1.165, 1.54) is 0 Å². The van der Waals surface area contributed by atoms with Crippen molar-refractivity contribution in [3.63, 3.8) is 0 Å². The Balaban J connectivity index is 2.09. The average Bonchev–Trinajstić information content (AvgIpc) is 2.39. The number of nitrogens with one attached hydrogen (secondary N) is 1. The number of nitrogen functional groups attached to an aromatic ring is 1. The predicted octanol–water partition coefficient (Wildman–Crippen LogP) is 1.27. The Morgan fingerprint density at radius 2 is 2.21 bits per heavy atom. The molecular weight excluding hydrogens is 242 g/mol. The number of rotatable bonds is 4. The van der Waals surface area contributed by atoms with E-state index in [1.54, 1.807) is 0 Å². The summed E-state index contributed by atoms with van der Waals surface area (Å²) in [6.45, 7) is 2.12. The molecule has 1 aromatic rings. The minimum absolute atomic E-state index is 0.0578. The van der Waals surface area contributed by atoms with Crippen LogP contribution in [-0.2, 0) is 11.3 Å². The number of nitrogens with two attached hydrogens (primary N) is 1. The molecule has 1 fully saturated rings. The van der Waals surface area contributed by atoms with Crippen molar-refractivity contribution in [1.82, 2.24) is 4.90 Å². The third-order valence-corrected chi connectivity index (χ3v) is 3.56. The minimum atomic E-state index is -0.718. The van der Waals surface area contributed by atoms with Crippen LogP contribution >= 0.6 is 0 Å². The summed E-state index contributed by atoms with van der Waals surface area (Å²) < 4.78 is 0. The molecule has 1 saturated heterocycles. The molecule has 0 bridgehead atoms. The van der Waals surface area contributed by atoms with Crippen LogP contribution in [0.1, 0.15) is 24.0 Å². The van der Waals surface area contributed by atoms with Crippen molar-refractivity contribution in [3.8, 4) is 0 Å². The maximum absolute atomic E-state index is 11.0. The van der Waals surface area contributed by atoms with Crippen LogP contribution in [0.3, 0.4) is 0 Å². The molecule has 0 saturated carbocycles. The number of carboxylic acids is 1. The molecular formula is C14H19N3O2. The van der Waals surface area contributed by atoms with E-state index in [1.807, 2.05) is 24.3 Å². The highest BCUT2D eigenvalue weighted by Crippen LogP contribution is 2.20. The van der Waals surface area contributed by atoms with Crippen molar-refractivity contribution in [3.05, 3.63) is 35.4 Å². The lowest BCUT2D eigenvalue weighted by molar-refractivity contribution is -0.143. The zero-order valence-electron chi connectivity index (χ0n) is 10.8. The van der Waals surface area contributed by atoms with Gasteiger partial charge in [-0.3, -0.25) is 15.1 Å². The van der Waals surface area contributed by atoms with E-state index in [-0.39, 0.29) is 11.8 Å². The van der Waals surface area contributed by atoms with Gasteiger partial charge in [-0.2, -0.15) is 0 Å². The van der Waals surface area contributed by atoms with Gasteiger partial charge in [-0.25, -0.2) is 0 Å². The topological polar surface area (TPSA) is 90.4 Å². The number of amidine groups is 1. The molecule has 1 heterocycles. The summed E-state index contributed by atoms with van der Waals surface area (Å²) in [4.78, 5) is 13.2. The Labute approximate surface area is 112 Å². The van der Waals surface area contributed by atoms with E-state index >= 15 is 0 Å². The molecule has 0 radical (unpaired) electrons. The average molecular weight is 261 g/mol. The SMILES string of the molecule is N=C(N)c1ccccc1CN1CCCC(C(=O)O)C1. The van der Waals surface area contributed by atoms with Gasteiger partial charge in [0.05, 0.1) is 5.92 Å². The zero-order valence-corrected chi connectivity index (χ0v) is 10.8. The van der Waals surface area contributed by atoms with Crippen LogP contribution in [-0.4, -0.2) is 34.9 Å². The highest BCUT2D eigenvalue weighted by molar-refractivity contribution is 5.96. The van der Waals surface area contributed by atoms with Gasteiger partial charge in [0.2, 0.25) is 0 Å². The van der Waals surface area contributed by atoms with Crippen LogP contribution in [0.15, 0.2) is 24.3 Å². The normalized spacial score (nSPS) is 20.1. The molecule has 1 unspecified atom stereocenters. The molecule has 5 nitrogen and oxygen atoms in total. The number of carbonyl (C=O) groups is 1. The van der Waals surface area contributed by atoms with Gasteiger partial charge >= 0.3 is 5.97 Å². The summed E-state index contributed by atoms with van der Waals surface area (Å²) in [5.74, 6) is -0.940. The summed E-state index contributed by atoms with van der Waals surface area (Å²) in [6.07, 6.45) is 1.65. The number of hydrogen-bond donors (Lipinski definition) is 3. The highest BCUT2D eigenvalue weighted by Gasteiger charge is 2.25. The third kappa shape index (κ3) is 3.32. The molecule has 1 aromatic carbocycles. The van der Waals surface area contributed by atoms with Crippen LogP contribution in [0.4, 0.5) is 0 Å². The zero-order chi connectivity index (χ0) is 13.8. The molecule has 102 valence electrons. The molecule has 4 N–H and O–H groups in total. The van der Waals surface area contributed by atoms with Gasteiger partial charge in [0, 0.05) is 18.7 Å². The van der Waals surface area contributed by atoms with Gasteiger partial charge in [0.25, 0.3) is 0 Å². The van der Waals surface area contributed by atoms with E-state index in [0.717, 1.165) is 30.5 Å². The molecule has 0 spiro atoms. The molecule has 1 aliphatic rings. The van der Waals surface area contributed by atoms with E-state index < -0.39 is 5.97 Å². The number of piperidine rings is 1. The summed E-state index contributed by atoms with van der Waals surface area (Å²) in [6, 6.07) is 7.55. The van der Waals surface area contributed by atoms with Crippen LogP contribution in [0, 0.1) is 11.3 Å². The maximum atomic E-state index is 11.0. The lowest BCUT2D eigenvalue weighted by Gasteiger charge is -2.31. The minimum Gasteiger partial charge on any atom is -0.481 e. The fourth-order valence-electron chi connectivity index (χ4n) is 2.56. The van der Waals surface area contributed by atoms with Crippen molar-refractivity contribution in [2.45, 2.75) is 19.4 Å². The summed E-state index contributed by atoms with van der Waals surface area (Å²) in [5, 5.41) is 16.7. The summed E-state index contributed by atoms with van der Waals surface area (Å²) in [7, 11) is 0. The Kier molecular flexibility index (Phi) is 4.16.